The lowest BCUT2D eigenvalue weighted by atomic mass is 9.78. The molecule has 0 aromatic heterocycles. The Bertz CT molecular complexity index is 1700. The Hall–Kier alpha value is -4.65. The largest absolute Gasteiger partial charge is 0.508 e. The quantitative estimate of drug-likeness (QED) is 0.139. The fourth-order valence-corrected chi connectivity index (χ4v) is 5.99. The van der Waals surface area contributed by atoms with E-state index in [-0.39, 0.29) is 11.5 Å². The second kappa shape index (κ2) is 13.0. The monoisotopic (exact) mass is 629 g/mol. The molecule has 7 atom stereocenters. The Balaban J connectivity index is 1.24. The molecule has 0 radical (unpaired) electrons. The lowest BCUT2D eigenvalue weighted by Gasteiger charge is -2.46. The number of carbonyl (C=O) groups excluding carboxylic acids is 2. The minimum atomic E-state index is -1.50. The van der Waals surface area contributed by atoms with Gasteiger partial charge >= 0.3 is 0 Å². The first-order chi connectivity index (χ1) is 22.2. The summed E-state index contributed by atoms with van der Waals surface area (Å²) in [6.07, 6.45) is -6.40. The van der Waals surface area contributed by atoms with Crippen LogP contribution in [0.4, 0.5) is 10.1 Å². The average molecular weight is 630 g/mol. The maximum absolute atomic E-state index is 13.4. The van der Waals surface area contributed by atoms with E-state index in [9.17, 15) is 39.5 Å². The number of halogens is 1. The number of benzene rings is 4. The molecule has 2 heterocycles. The van der Waals surface area contributed by atoms with Crippen molar-refractivity contribution in [1.82, 2.24) is 0 Å². The van der Waals surface area contributed by atoms with Gasteiger partial charge in [-0.2, -0.15) is 0 Å². The molecule has 1 amide bonds. The molecular weight excluding hydrogens is 597 g/mol. The maximum Gasteiger partial charge on any atom is 0.240 e. The van der Waals surface area contributed by atoms with Gasteiger partial charge in [-0.05, 0) is 59.2 Å². The second-order valence-corrected chi connectivity index (χ2v) is 11.3. The first-order valence-corrected chi connectivity index (χ1v) is 14.7. The number of phenolic OH excluding ortho intramolecular Hbond substituents is 1. The van der Waals surface area contributed by atoms with E-state index in [1.807, 2.05) is 0 Å². The SMILES string of the molecule is O=C(COc1ccc(F)cc1)C1C(=O)N(c2ccccc2)C1c1ccc(-c2ccc(C3OC(CO)C(O)C(O)C3O)cc2)cc1O. The van der Waals surface area contributed by atoms with E-state index in [1.54, 1.807) is 66.7 Å². The molecule has 10 nitrogen and oxygen atoms in total. The summed E-state index contributed by atoms with van der Waals surface area (Å²) >= 11 is 0. The number of phenols is 1. The molecule has 2 aliphatic heterocycles. The molecule has 0 spiro atoms. The number of anilines is 1. The van der Waals surface area contributed by atoms with E-state index >= 15 is 0 Å². The van der Waals surface area contributed by atoms with Crippen molar-refractivity contribution in [2.75, 3.05) is 18.1 Å². The van der Waals surface area contributed by atoms with Crippen LogP contribution in [0.5, 0.6) is 11.5 Å². The standard InChI is InChI=1S/C35H32FNO9/c36-22-11-13-24(14-12-22)45-18-27(40)29-30(37(35(29)44)23-4-2-1-3-5-23)25-15-10-21(16-26(25)39)19-6-8-20(9-7-19)34-33(43)32(42)31(41)28(17-38)46-34/h1-16,28-34,38-39,41-43H,17-18H2. The van der Waals surface area contributed by atoms with Gasteiger partial charge in [0.15, 0.2) is 5.78 Å². The fourth-order valence-electron chi connectivity index (χ4n) is 5.99. The van der Waals surface area contributed by atoms with Crippen LogP contribution in [0.25, 0.3) is 11.1 Å². The zero-order valence-corrected chi connectivity index (χ0v) is 24.4. The van der Waals surface area contributed by atoms with Crippen molar-refractivity contribution in [3.8, 4) is 22.6 Å². The number of Topliss-reactive ketones (excluding diaryl/α,β-unsaturated/α-hetero) is 1. The molecular formula is C35H32FNO9. The number of aromatic hydroxyl groups is 1. The summed E-state index contributed by atoms with van der Waals surface area (Å²) in [4.78, 5) is 28.1. The minimum Gasteiger partial charge on any atom is -0.508 e. The number of amides is 1. The van der Waals surface area contributed by atoms with Crippen molar-refractivity contribution < 1.29 is 49.0 Å². The molecule has 4 aromatic rings. The first-order valence-electron chi connectivity index (χ1n) is 14.7. The Morgan fingerprint density at radius 1 is 0.848 bits per heavy atom. The molecule has 11 heteroatoms. The van der Waals surface area contributed by atoms with Crippen LogP contribution in [0.2, 0.25) is 0 Å². The normalized spacial score (nSPS) is 26.0. The third kappa shape index (κ3) is 5.86. The Morgan fingerprint density at radius 2 is 1.52 bits per heavy atom. The number of hydrogen-bond donors (Lipinski definition) is 5. The van der Waals surface area contributed by atoms with Gasteiger partial charge in [-0.1, -0.05) is 54.6 Å². The minimum absolute atomic E-state index is 0.133. The van der Waals surface area contributed by atoms with Crippen molar-refractivity contribution in [2.45, 2.75) is 36.6 Å². The summed E-state index contributed by atoms with van der Waals surface area (Å²) in [6.45, 7) is -0.950. The Labute approximate surface area is 263 Å². The van der Waals surface area contributed by atoms with Gasteiger partial charge < -0.3 is 39.9 Å². The van der Waals surface area contributed by atoms with Crippen molar-refractivity contribution in [2.24, 2.45) is 5.92 Å². The lowest BCUT2D eigenvalue weighted by molar-refractivity contribution is -0.231. The molecule has 6 rings (SSSR count). The summed E-state index contributed by atoms with van der Waals surface area (Å²) in [7, 11) is 0. The molecule has 0 saturated carbocycles. The first kappa shape index (κ1) is 31.3. The fraction of sp³-hybridized carbons (Fsp3) is 0.257. The topological polar surface area (TPSA) is 157 Å². The number of ether oxygens (including phenoxy) is 2. The number of aliphatic hydroxyl groups excluding tert-OH is 4. The highest BCUT2D eigenvalue weighted by Gasteiger charge is 2.53. The van der Waals surface area contributed by atoms with Crippen molar-refractivity contribution in [3.05, 3.63) is 114 Å². The second-order valence-electron chi connectivity index (χ2n) is 11.3. The van der Waals surface area contributed by atoms with Crippen LogP contribution in [0.3, 0.4) is 0 Å². The van der Waals surface area contributed by atoms with E-state index in [0.717, 1.165) is 0 Å². The third-order valence-electron chi connectivity index (χ3n) is 8.49. The van der Waals surface area contributed by atoms with Crippen molar-refractivity contribution >= 4 is 17.4 Å². The Morgan fingerprint density at radius 3 is 2.17 bits per heavy atom. The summed E-state index contributed by atoms with van der Waals surface area (Å²) in [5.41, 5.74) is 2.76. The van der Waals surface area contributed by atoms with Gasteiger partial charge in [0, 0.05) is 11.3 Å². The van der Waals surface area contributed by atoms with E-state index in [1.165, 1.54) is 35.2 Å². The summed E-state index contributed by atoms with van der Waals surface area (Å²) in [6, 6.07) is 24.9. The van der Waals surface area contributed by atoms with Crippen LogP contribution >= 0.6 is 0 Å². The molecule has 0 aliphatic carbocycles. The van der Waals surface area contributed by atoms with E-state index in [4.69, 9.17) is 9.47 Å². The van der Waals surface area contributed by atoms with E-state index in [2.05, 4.69) is 0 Å². The highest BCUT2D eigenvalue weighted by molar-refractivity contribution is 6.16. The third-order valence-corrected chi connectivity index (χ3v) is 8.49. The number of β-lactam (4-membered cyclic amide) rings is 1. The summed E-state index contributed by atoms with van der Waals surface area (Å²) in [5, 5.41) is 51.4. The number of aliphatic hydroxyl groups is 4. The molecule has 0 bridgehead atoms. The van der Waals surface area contributed by atoms with Crippen molar-refractivity contribution in [1.29, 1.82) is 0 Å². The van der Waals surface area contributed by atoms with Gasteiger partial charge in [-0.15, -0.1) is 0 Å². The predicted octanol–water partition coefficient (Wildman–Crippen LogP) is 3.07. The van der Waals surface area contributed by atoms with Gasteiger partial charge in [0.25, 0.3) is 0 Å². The molecule has 5 N–H and O–H groups in total. The summed E-state index contributed by atoms with van der Waals surface area (Å²) in [5.74, 6) is -2.34. The zero-order valence-electron chi connectivity index (χ0n) is 24.4. The average Bonchev–Trinajstić information content (AvgIpc) is 3.07. The van der Waals surface area contributed by atoms with Crippen LogP contribution in [0, 0.1) is 11.7 Å². The zero-order chi connectivity index (χ0) is 32.5. The van der Waals surface area contributed by atoms with Crippen LogP contribution < -0.4 is 9.64 Å². The molecule has 46 heavy (non-hydrogen) atoms. The maximum atomic E-state index is 13.4. The van der Waals surface area contributed by atoms with Crippen LogP contribution in [-0.4, -0.2) is 74.9 Å². The molecule has 238 valence electrons. The molecule has 2 fully saturated rings. The van der Waals surface area contributed by atoms with Gasteiger partial charge in [0.2, 0.25) is 5.91 Å². The smallest absolute Gasteiger partial charge is 0.240 e. The van der Waals surface area contributed by atoms with E-state index < -0.39 is 73.2 Å². The number of nitrogens with zero attached hydrogens (tertiary/aromatic N) is 1. The highest BCUT2D eigenvalue weighted by atomic mass is 19.1. The predicted molar refractivity (Wildman–Crippen MR) is 163 cm³/mol. The van der Waals surface area contributed by atoms with Crippen LogP contribution in [-0.2, 0) is 14.3 Å². The molecule has 7 unspecified atom stereocenters. The number of rotatable bonds is 9. The van der Waals surface area contributed by atoms with Gasteiger partial charge in [0.05, 0.1) is 12.6 Å². The molecule has 2 aliphatic rings. The lowest BCUT2D eigenvalue weighted by Crippen LogP contribution is -2.59. The van der Waals surface area contributed by atoms with Gasteiger partial charge in [0.1, 0.15) is 60.4 Å². The number of ketones is 1. The van der Waals surface area contributed by atoms with Gasteiger partial charge in [-0.3, -0.25) is 9.59 Å². The number of carbonyl (C=O) groups is 2. The Kier molecular flexibility index (Phi) is 8.85. The number of hydrogen-bond acceptors (Lipinski definition) is 9. The number of para-hydroxylation sites is 1. The summed E-state index contributed by atoms with van der Waals surface area (Å²) < 4.78 is 24.4. The van der Waals surface area contributed by atoms with Crippen molar-refractivity contribution in [3.63, 3.8) is 0 Å². The highest BCUT2D eigenvalue weighted by Crippen LogP contribution is 2.47. The van der Waals surface area contributed by atoms with E-state index in [0.29, 0.717) is 27.9 Å². The molecule has 2 saturated heterocycles. The van der Waals surface area contributed by atoms with Crippen LogP contribution in [0.1, 0.15) is 23.3 Å². The molecule has 4 aromatic carbocycles. The van der Waals surface area contributed by atoms with Gasteiger partial charge in [-0.25, -0.2) is 4.39 Å². The van der Waals surface area contributed by atoms with Crippen LogP contribution in [0.15, 0.2) is 97.1 Å².